The summed E-state index contributed by atoms with van der Waals surface area (Å²) >= 11 is 0. The monoisotopic (exact) mass is 470 g/mol. The molecule has 8 heteroatoms. The van der Waals surface area contributed by atoms with E-state index in [1.54, 1.807) is 12.1 Å². The molecule has 0 saturated carbocycles. The number of aromatic nitrogens is 2. The molecule has 0 saturated heterocycles. The maximum Gasteiger partial charge on any atom is 0.424 e. The number of fused-ring (bicyclic) bond motifs is 2. The summed E-state index contributed by atoms with van der Waals surface area (Å²) < 4.78 is 62.8. The van der Waals surface area contributed by atoms with Gasteiger partial charge in [0.05, 0.1) is 17.4 Å². The first-order valence-corrected chi connectivity index (χ1v) is 11.0. The molecule has 1 unspecified atom stereocenters. The zero-order valence-corrected chi connectivity index (χ0v) is 18.1. The standard InChI is InChI=1S/C26H22F4N2O2/c27-20-9-11-21(12-10-20)32-23-13-8-19(14-18(23)15-31-32)25(33,26(28,29)30)16-34-24-7-3-5-17-4-1-2-6-22(17)24/h3,5,7-15,33H,1-2,4,6,16H2. The van der Waals surface area contributed by atoms with Gasteiger partial charge in [-0.1, -0.05) is 18.2 Å². The second kappa shape index (κ2) is 8.43. The Hall–Kier alpha value is -3.39. The molecule has 1 N–H and O–H groups in total. The van der Waals surface area contributed by atoms with Crippen molar-refractivity contribution in [3.8, 4) is 11.4 Å². The zero-order valence-electron chi connectivity index (χ0n) is 18.1. The highest BCUT2D eigenvalue weighted by molar-refractivity contribution is 5.81. The van der Waals surface area contributed by atoms with Crippen molar-refractivity contribution >= 4 is 10.9 Å². The quantitative estimate of drug-likeness (QED) is 0.371. The average Bonchev–Trinajstić information content (AvgIpc) is 3.25. The van der Waals surface area contributed by atoms with Crippen molar-refractivity contribution in [2.45, 2.75) is 37.5 Å². The summed E-state index contributed by atoms with van der Waals surface area (Å²) in [5.41, 5.74) is -0.471. The molecule has 1 aliphatic carbocycles. The summed E-state index contributed by atoms with van der Waals surface area (Å²) in [5, 5.41) is 15.5. The van der Waals surface area contributed by atoms with Gasteiger partial charge in [0.2, 0.25) is 5.60 Å². The Kier molecular flexibility index (Phi) is 5.56. The third-order valence-electron chi connectivity index (χ3n) is 6.38. The number of halogens is 4. The van der Waals surface area contributed by atoms with Crippen LogP contribution in [0.25, 0.3) is 16.6 Å². The van der Waals surface area contributed by atoms with Crippen molar-refractivity contribution < 1.29 is 27.4 Å². The van der Waals surface area contributed by atoms with E-state index in [0.29, 0.717) is 22.3 Å². The second-order valence-corrected chi connectivity index (χ2v) is 8.55. The fourth-order valence-corrected chi connectivity index (χ4v) is 4.47. The van der Waals surface area contributed by atoms with Gasteiger partial charge in [-0.3, -0.25) is 0 Å². The van der Waals surface area contributed by atoms with Crippen LogP contribution in [0.5, 0.6) is 5.75 Å². The van der Waals surface area contributed by atoms with Gasteiger partial charge in [-0.15, -0.1) is 0 Å². The molecular formula is C26H22F4N2O2. The zero-order chi connectivity index (χ0) is 23.9. The number of benzene rings is 3. The lowest BCUT2D eigenvalue weighted by Crippen LogP contribution is -2.47. The minimum absolute atomic E-state index is 0.337. The molecule has 34 heavy (non-hydrogen) atoms. The minimum Gasteiger partial charge on any atom is -0.490 e. The molecule has 0 radical (unpaired) electrons. The molecule has 4 nitrogen and oxygen atoms in total. The molecule has 0 fully saturated rings. The van der Waals surface area contributed by atoms with E-state index in [0.717, 1.165) is 36.8 Å². The Balaban J connectivity index is 1.48. The van der Waals surface area contributed by atoms with Crippen molar-refractivity contribution in [3.63, 3.8) is 0 Å². The van der Waals surface area contributed by atoms with Crippen LogP contribution >= 0.6 is 0 Å². The Morgan fingerprint density at radius 1 is 0.971 bits per heavy atom. The molecule has 1 aliphatic rings. The number of aryl methyl sites for hydroxylation is 1. The Bertz CT molecular complexity index is 1330. The molecule has 3 aromatic carbocycles. The van der Waals surface area contributed by atoms with Gasteiger partial charge in [0.15, 0.2) is 0 Å². The van der Waals surface area contributed by atoms with E-state index in [1.807, 2.05) is 6.07 Å². The predicted molar refractivity (Wildman–Crippen MR) is 120 cm³/mol. The Labute approximate surface area is 193 Å². The number of rotatable bonds is 5. The van der Waals surface area contributed by atoms with Crippen molar-refractivity contribution in [2.24, 2.45) is 0 Å². The van der Waals surface area contributed by atoms with Crippen LogP contribution in [-0.4, -0.2) is 27.7 Å². The highest BCUT2D eigenvalue weighted by Gasteiger charge is 2.56. The van der Waals surface area contributed by atoms with Crippen molar-refractivity contribution in [1.82, 2.24) is 9.78 Å². The van der Waals surface area contributed by atoms with Gasteiger partial charge in [0.1, 0.15) is 18.2 Å². The lowest BCUT2D eigenvalue weighted by molar-refractivity contribution is -0.275. The normalized spacial score (nSPS) is 15.7. The first-order chi connectivity index (χ1) is 16.3. The van der Waals surface area contributed by atoms with Crippen molar-refractivity contribution in [3.05, 3.63) is 89.4 Å². The second-order valence-electron chi connectivity index (χ2n) is 8.55. The van der Waals surface area contributed by atoms with Crippen LogP contribution in [-0.2, 0) is 18.4 Å². The third-order valence-corrected chi connectivity index (χ3v) is 6.38. The summed E-state index contributed by atoms with van der Waals surface area (Å²) in [4.78, 5) is 0. The average molecular weight is 470 g/mol. The van der Waals surface area contributed by atoms with Gasteiger partial charge >= 0.3 is 6.18 Å². The molecule has 0 bridgehead atoms. The molecule has 1 heterocycles. The van der Waals surface area contributed by atoms with E-state index in [4.69, 9.17) is 4.74 Å². The fraction of sp³-hybridized carbons (Fsp3) is 0.269. The molecule has 1 atom stereocenters. The highest BCUT2D eigenvalue weighted by Crippen LogP contribution is 2.41. The maximum absolute atomic E-state index is 14.2. The molecule has 0 amide bonds. The van der Waals surface area contributed by atoms with Crippen LogP contribution in [0.1, 0.15) is 29.5 Å². The SMILES string of the molecule is OC(COc1cccc2c1CCCC2)(c1ccc2c(cnn2-c2ccc(F)cc2)c1)C(F)(F)F. The number of aliphatic hydroxyl groups is 1. The molecule has 0 spiro atoms. The number of nitrogens with zero attached hydrogens (tertiary/aromatic N) is 2. The first kappa shape index (κ1) is 22.4. The van der Waals surface area contributed by atoms with E-state index < -0.39 is 24.2 Å². The molecule has 0 aliphatic heterocycles. The van der Waals surface area contributed by atoms with Crippen LogP contribution in [0, 0.1) is 5.82 Å². The summed E-state index contributed by atoms with van der Waals surface area (Å²) in [5.74, 6) is -0.0255. The van der Waals surface area contributed by atoms with Gasteiger partial charge in [-0.25, -0.2) is 9.07 Å². The van der Waals surface area contributed by atoms with Gasteiger partial charge < -0.3 is 9.84 Å². The smallest absolute Gasteiger partial charge is 0.424 e. The van der Waals surface area contributed by atoms with E-state index >= 15 is 0 Å². The molecule has 176 valence electrons. The van der Waals surface area contributed by atoms with Gasteiger partial charge in [0.25, 0.3) is 0 Å². The number of alkyl halides is 3. The first-order valence-electron chi connectivity index (χ1n) is 11.0. The maximum atomic E-state index is 14.2. The van der Waals surface area contributed by atoms with E-state index in [2.05, 4.69) is 5.10 Å². The van der Waals surface area contributed by atoms with Crippen LogP contribution in [0.2, 0.25) is 0 Å². The van der Waals surface area contributed by atoms with Crippen molar-refractivity contribution in [1.29, 1.82) is 0 Å². The summed E-state index contributed by atoms with van der Waals surface area (Å²) in [6.45, 7) is -0.968. The van der Waals surface area contributed by atoms with E-state index in [9.17, 15) is 22.7 Å². The predicted octanol–water partition coefficient (Wildman–Crippen LogP) is 5.87. The lowest BCUT2D eigenvalue weighted by atomic mass is 9.90. The molecule has 5 rings (SSSR count). The van der Waals surface area contributed by atoms with Gasteiger partial charge in [-0.2, -0.15) is 18.3 Å². The molecule has 1 aromatic heterocycles. The van der Waals surface area contributed by atoms with Crippen LogP contribution < -0.4 is 4.74 Å². The minimum atomic E-state index is -4.97. The number of ether oxygens (including phenoxy) is 1. The van der Waals surface area contributed by atoms with Gasteiger partial charge in [0, 0.05) is 5.39 Å². The van der Waals surface area contributed by atoms with Crippen LogP contribution in [0.3, 0.4) is 0 Å². The number of hydrogen-bond donors (Lipinski definition) is 1. The summed E-state index contributed by atoms with van der Waals surface area (Å²) in [6.07, 6.45) is 0.0331. The summed E-state index contributed by atoms with van der Waals surface area (Å²) in [6, 6.07) is 14.9. The molecule has 4 aromatic rings. The third kappa shape index (κ3) is 3.92. The highest BCUT2D eigenvalue weighted by atomic mass is 19.4. The Morgan fingerprint density at radius 3 is 2.50 bits per heavy atom. The Morgan fingerprint density at radius 2 is 1.74 bits per heavy atom. The summed E-state index contributed by atoms with van der Waals surface area (Å²) in [7, 11) is 0. The van der Waals surface area contributed by atoms with Crippen molar-refractivity contribution in [2.75, 3.05) is 6.61 Å². The van der Waals surface area contributed by atoms with Crippen LogP contribution in [0.15, 0.2) is 66.9 Å². The largest absolute Gasteiger partial charge is 0.490 e. The lowest BCUT2D eigenvalue weighted by Gasteiger charge is -2.31. The van der Waals surface area contributed by atoms with E-state index in [-0.39, 0.29) is 5.56 Å². The van der Waals surface area contributed by atoms with Gasteiger partial charge in [-0.05, 0) is 84.8 Å². The van der Waals surface area contributed by atoms with Crippen LogP contribution in [0.4, 0.5) is 17.6 Å². The number of hydrogen-bond acceptors (Lipinski definition) is 3. The van der Waals surface area contributed by atoms with E-state index in [1.165, 1.54) is 53.3 Å². The molecular weight excluding hydrogens is 448 g/mol. The topological polar surface area (TPSA) is 47.3 Å². The fourth-order valence-electron chi connectivity index (χ4n) is 4.47.